The van der Waals surface area contributed by atoms with E-state index in [-0.39, 0.29) is 12.4 Å². The number of rotatable bonds is 0. The van der Waals surface area contributed by atoms with E-state index in [9.17, 15) is 0 Å². The van der Waals surface area contributed by atoms with Crippen molar-refractivity contribution in [2.75, 3.05) is 0 Å². The van der Waals surface area contributed by atoms with Crippen molar-refractivity contribution in [3.8, 4) is 0 Å². The van der Waals surface area contributed by atoms with Crippen molar-refractivity contribution >= 4 is 12.4 Å². The standard InChI is InChI=1S/C8H9N.ClH/c9-8-5-6-3-1-2-4-7(6)8;/h1-4,8H,5,9H2;1H/t8-;/m0./s1. The molecule has 1 aromatic carbocycles. The molecule has 0 bridgehead atoms. The van der Waals surface area contributed by atoms with Gasteiger partial charge < -0.3 is 5.73 Å². The minimum Gasteiger partial charge on any atom is -0.324 e. The largest absolute Gasteiger partial charge is 0.324 e. The molecule has 0 radical (unpaired) electrons. The predicted octanol–water partition coefficient (Wildman–Crippen LogP) is 1.66. The zero-order chi connectivity index (χ0) is 6.27. The lowest BCUT2D eigenvalue weighted by atomic mass is 9.84. The lowest BCUT2D eigenvalue weighted by molar-refractivity contribution is 0.636. The van der Waals surface area contributed by atoms with E-state index in [0.717, 1.165) is 6.42 Å². The van der Waals surface area contributed by atoms with Gasteiger partial charge in [0.1, 0.15) is 0 Å². The van der Waals surface area contributed by atoms with Gasteiger partial charge in [0.15, 0.2) is 0 Å². The first kappa shape index (κ1) is 7.58. The van der Waals surface area contributed by atoms with Crippen LogP contribution >= 0.6 is 12.4 Å². The van der Waals surface area contributed by atoms with Gasteiger partial charge in [-0.15, -0.1) is 12.4 Å². The van der Waals surface area contributed by atoms with Crippen LogP contribution in [0, 0.1) is 0 Å². The fourth-order valence-electron chi connectivity index (χ4n) is 1.30. The minimum absolute atomic E-state index is 0. The van der Waals surface area contributed by atoms with Crippen LogP contribution in [-0.4, -0.2) is 0 Å². The molecular weight excluding hydrogens is 146 g/mol. The molecule has 1 aliphatic rings. The van der Waals surface area contributed by atoms with Crippen molar-refractivity contribution in [3.05, 3.63) is 35.4 Å². The van der Waals surface area contributed by atoms with E-state index in [1.807, 2.05) is 6.07 Å². The zero-order valence-corrected chi connectivity index (χ0v) is 6.40. The molecule has 1 aromatic rings. The minimum atomic E-state index is 0. The molecule has 2 heteroatoms. The summed E-state index contributed by atoms with van der Waals surface area (Å²) in [4.78, 5) is 0. The maximum absolute atomic E-state index is 5.69. The van der Waals surface area contributed by atoms with E-state index in [2.05, 4.69) is 18.2 Å². The zero-order valence-electron chi connectivity index (χ0n) is 5.58. The molecule has 0 unspecified atom stereocenters. The second kappa shape index (κ2) is 2.60. The summed E-state index contributed by atoms with van der Waals surface area (Å²) in [7, 11) is 0. The van der Waals surface area contributed by atoms with Crippen molar-refractivity contribution in [3.63, 3.8) is 0 Å². The molecule has 0 fully saturated rings. The molecule has 0 spiro atoms. The van der Waals surface area contributed by atoms with E-state index in [1.165, 1.54) is 11.1 Å². The third-order valence-corrected chi connectivity index (χ3v) is 1.89. The molecule has 54 valence electrons. The Morgan fingerprint density at radius 2 is 2.00 bits per heavy atom. The van der Waals surface area contributed by atoms with Crippen LogP contribution in [0.3, 0.4) is 0 Å². The van der Waals surface area contributed by atoms with Crippen molar-refractivity contribution in [2.24, 2.45) is 5.73 Å². The smallest absolute Gasteiger partial charge is 0.0338 e. The Kier molecular flexibility index (Phi) is 1.97. The fraction of sp³-hybridized carbons (Fsp3) is 0.250. The molecule has 0 aromatic heterocycles. The van der Waals surface area contributed by atoms with Gasteiger partial charge in [-0.3, -0.25) is 0 Å². The summed E-state index contributed by atoms with van der Waals surface area (Å²) in [5, 5.41) is 0. The first-order valence-corrected chi connectivity index (χ1v) is 3.21. The molecular formula is C8H10ClN. The molecule has 1 nitrogen and oxygen atoms in total. The summed E-state index contributed by atoms with van der Waals surface area (Å²) in [6.45, 7) is 0. The van der Waals surface area contributed by atoms with Gasteiger partial charge >= 0.3 is 0 Å². The number of benzene rings is 1. The molecule has 0 saturated carbocycles. The van der Waals surface area contributed by atoms with Crippen molar-refractivity contribution in [1.82, 2.24) is 0 Å². The Balaban J connectivity index is 0.000000500. The van der Waals surface area contributed by atoms with Gasteiger partial charge in [-0.25, -0.2) is 0 Å². The van der Waals surface area contributed by atoms with Gasteiger partial charge in [0.05, 0.1) is 0 Å². The molecule has 0 saturated heterocycles. The molecule has 1 aliphatic carbocycles. The molecule has 0 heterocycles. The summed E-state index contributed by atoms with van der Waals surface area (Å²) >= 11 is 0. The van der Waals surface area contributed by atoms with Crippen molar-refractivity contribution in [1.29, 1.82) is 0 Å². The number of nitrogens with two attached hydrogens (primary N) is 1. The Labute approximate surface area is 66.6 Å². The van der Waals surface area contributed by atoms with Crippen molar-refractivity contribution in [2.45, 2.75) is 12.5 Å². The van der Waals surface area contributed by atoms with Crippen LogP contribution in [0.2, 0.25) is 0 Å². The summed E-state index contributed by atoms with van der Waals surface area (Å²) in [6, 6.07) is 8.66. The quantitative estimate of drug-likeness (QED) is 0.606. The number of halogens is 1. The first-order chi connectivity index (χ1) is 4.38. The Morgan fingerprint density at radius 1 is 1.30 bits per heavy atom. The predicted molar refractivity (Wildman–Crippen MR) is 44.3 cm³/mol. The molecule has 10 heavy (non-hydrogen) atoms. The monoisotopic (exact) mass is 155 g/mol. The van der Waals surface area contributed by atoms with E-state index < -0.39 is 0 Å². The van der Waals surface area contributed by atoms with Crippen LogP contribution < -0.4 is 5.73 Å². The molecule has 0 aliphatic heterocycles. The number of hydrogen-bond donors (Lipinski definition) is 1. The average molecular weight is 156 g/mol. The Hall–Kier alpha value is -0.530. The molecule has 2 rings (SSSR count). The third-order valence-electron chi connectivity index (χ3n) is 1.89. The highest BCUT2D eigenvalue weighted by Crippen LogP contribution is 2.29. The van der Waals surface area contributed by atoms with Gasteiger partial charge in [-0.1, -0.05) is 24.3 Å². The highest BCUT2D eigenvalue weighted by atomic mass is 35.5. The molecule has 2 N–H and O–H groups in total. The summed E-state index contributed by atoms with van der Waals surface area (Å²) in [5.74, 6) is 0. The first-order valence-electron chi connectivity index (χ1n) is 3.21. The van der Waals surface area contributed by atoms with Gasteiger partial charge in [0, 0.05) is 6.04 Å². The summed E-state index contributed by atoms with van der Waals surface area (Å²) in [6.07, 6.45) is 1.07. The van der Waals surface area contributed by atoms with Crippen LogP contribution in [0.5, 0.6) is 0 Å². The van der Waals surface area contributed by atoms with Gasteiger partial charge in [0.25, 0.3) is 0 Å². The highest BCUT2D eigenvalue weighted by Gasteiger charge is 2.20. The average Bonchev–Trinajstić information content (AvgIpc) is 1.86. The lowest BCUT2D eigenvalue weighted by Gasteiger charge is -2.25. The van der Waals surface area contributed by atoms with E-state index in [0.29, 0.717) is 6.04 Å². The normalized spacial score (nSPS) is 20.3. The van der Waals surface area contributed by atoms with E-state index in [4.69, 9.17) is 5.73 Å². The van der Waals surface area contributed by atoms with Crippen LogP contribution in [-0.2, 0) is 6.42 Å². The van der Waals surface area contributed by atoms with Gasteiger partial charge in [-0.05, 0) is 17.5 Å². The second-order valence-electron chi connectivity index (χ2n) is 2.51. The maximum atomic E-state index is 5.69. The topological polar surface area (TPSA) is 26.0 Å². The number of hydrogen-bond acceptors (Lipinski definition) is 1. The van der Waals surface area contributed by atoms with Gasteiger partial charge in [-0.2, -0.15) is 0 Å². The van der Waals surface area contributed by atoms with E-state index in [1.54, 1.807) is 0 Å². The second-order valence-corrected chi connectivity index (χ2v) is 2.51. The van der Waals surface area contributed by atoms with E-state index >= 15 is 0 Å². The Morgan fingerprint density at radius 3 is 2.50 bits per heavy atom. The lowest BCUT2D eigenvalue weighted by Crippen LogP contribution is -2.24. The third kappa shape index (κ3) is 0.917. The van der Waals surface area contributed by atoms with Crippen molar-refractivity contribution < 1.29 is 0 Å². The SMILES string of the molecule is Cl.N[C@H]1Cc2ccccc21. The highest BCUT2D eigenvalue weighted by molar-refractivity contribution is 5.85. The fourth-order valence-corrected chi connectivity index (χ4v) is 1.30. The van der Waals surface area contributed by atoms with Crippen LogP contribution in [0.15, 0.2) is 24.3 Å². The maximum Gasteiger partial charge on any atom is 0.0338 e. The van der Waals surface area contributed by atoms with Crippen LogP contribution in [0.25, 0.3) is 0 Å². The molecule has 1 atom stereocenters. The summed E-state index contributed by atoms with van der Waals surface area (Å²) < 4.78 is 0. The Bertz CT molecular complexity index is 234. The molecule has 0 amide bonds. The number of fused-ring (bicyclic) bond motifs is 1. The van der Waals surface area contributed by atoms with Crippen LogP contribution in [0.1, 0.15) is 17.2 Å². The van der Waals surface area contributed by atoms with Gasteiger partial charge in [0.2, 0.25) is 0 Å². The summed E-state index contributed by atoms with van der Waals surface area (Å²) in [5.41, 5.74) is 8.44. The van der Waals surface area contributed by atoms with Crippen LogP contribution in [0.4, 0.5) is 0 Å².